The van der Waals surface area contributed by atoms with E-state index in [4.69, 9.17) is 17.2 Å². The Hall–Kier alpha value is -0.240. The van der Waals surface area contributed by atoms with Crippen LogP contribution in [0.25, 0.3) is 0 Å². The van der Waals surface area contributed by atoms with E-state index in [9.17, 15) is 0 Å². The first kappa shape index (κ1) is 17.6. The van der Waals surface area contributed by atoms with Crippen molar-refractivity contribution in [3.8, 4) is 0 Å². The van der Waals surface area contributed by atoms with Crippen molar-refractivity contribution in [3.63, 3.8) is 0 Å². The molecule has 6 heteroatoms. The van der Waals surface area contributed by atoms with Crippen molar-refractivity contribution in [2.45, 2.75) is 50.2 Å². The summed E-state index contributed by atoms with van der Waals surface area (Å²) in [6.07, 6.45) is 6.60. The van der Waals surface area contributed by atoms with E-state index in [0.717, 1.165) is 51.1 Å². The first-order chi connectivity index (χ1) is 13.1. The molecule has 0 amide bonds. The van der Waals surface area contributed by atoms with Crippen LogP contribution in [0.5, 0.6) is 0 Å². The van der Waals surface area contributed by atoms with Gasteiger partial charge in [0.15, 0.2) is 0 Å². The largest absolute Gasteiger partial charge is 0.327 e. The van der Waals surface area contributed by atoms with Gasteiger partial charge in [0.1, 0.15) is 0 Å². The van der Waals surface area contributed by atoms with Crippen LogP contribution in [0.15, 0.2) is 0 Å². The van der Waals surface area contributed by atoms with Gasteiger partial charge in [-0.05, 0) is 42.9 Å². The van der Waals surface area contributed by atoms with Crippen LogP contribution < -0.4 is 33.2 Å². The van der Waals surface area contributed by atoms with Crippen LogP contribution >= 0.6 is 0 Å². The minimum atomic E-state index is 0.371. The number of unbranched alkanes of at least 4 members (excludes halogenated alkanes) is 1. The van der Waals surface area contributed by atoms with E-state index in [2.05, 4.69) is 16.0 Å². The Morgan fingerprint density at radius 1 is 0.741 bits per heavy atom. The monoisotopic (exact) mass is 374 g/mol. The third-order valence-electron chi connectivity index (χ3n) is 10.4. The van der Waals surface area contributed by atoms with Crippen LogP contribution in [0.2, 0.25) is 0 Å². The van der Waals surface area contributed by atoms with Gasteiger partial charge in [0.2, 0.25) is 0 Å². The van der Waals surface area contributed by atoms with E-state index in [1.807, 2.05) is 0 Å². The number of rotatable bonds is 8. The molecule has 3 aliphatic carbocycles. The number of fused-ring (bicyclic) bond motifs is 3. The quantitative estimate of drug-likeness (QED) is 0.310. The highest BCUT2D eigenvalue weighted by Gasteiger charge is 2.72. The molecule has 0 aromatic carbocycles. The lowest BCUT2D eigenvalue weighted by atomic mass is 9.75. The first-order valence-electron chi connectivity index (χ1n) is 11.5. The van der Waals surface area contributed by atoms with Crippen molar-refractivity contribution in [1.82, 2.24) is 16.0 Å². The molecule has 3 aliphatic heterocycles. The van der Waals surface area contributed by atoms with Gasteiger partial charge in [-0.1, -0.05) is 12.8 Å². The minimum Gasteiger partial charge on any atom is -0.327 e. The topological polar surface area (TPSA) is 114 Å². The molecular weight excluding hydrogens is 336 g/mol. The summed E-state index contributed by atoms with van der Waals surface area (Å²) in [6.45, 7) is 6.81. The van der Waals surface area contributed by atoms with Gasteiger partial charge in [0.05, 0.1) is 0 Å². The highest BCUT2D eigenvalue weighted by Crippen LogP contribution is 2.66. The van der Waals surface area contributed by atoms with E-state index in [-0.39, 0.29) is 0 Å². The Morgan fingerprint density at radius 2 is 1.37 bits per heavy atom. The summed E-state index contributed by atoms with van der Waals surface area (Å²) in [7, 11) is 0. The van der Waals surface area contributed by atoms with Crippen molar-refractivity contribution >= 4 is 0 Å². The zero-order valence-corrected chi connectivity index (χ0v) is 16.6. The van der Waals surface area contributed by atoms with Crippen LogP contribution in [-0.2, 0) is 0 Å². The Morgan fingerprint density at radius 3 is 1.96 bits per heavy atom. The molecule has 0 radical (unpaired) electrons. The molecule has 0 bridgehead atoms. The van der Waals surface area contributed by atoms with Gasteiger partial charge in [-0.2, -0.15) is 0 Å². The van der Waals surface area contributed by atoms with E-state index >= 15 is 0 Å². The highest BCUT2D eigenvalue weighted by atomic mass is 15.1. The van der Waals surface area contributed by atoms with Crippen LogP contribution in [0.4, 0.5) is 0 Å². The van der Waals surface area contributed by atoms with Gasteiger partial charge < -0.3 is 33.2 Å². The molecule has 152 valence electrons. The van der Waals surface area contributed by atoms with Crippen molar-refractivity contribution in [3.05, 3.63) is 0 Å². The van der Waals surface area contributed by atoms with Crippen LogP contribution in [-0.4, -0.2) is 57.4 Å². The predicted molar refractivity (Wildman–Crippen MR) is 107 cm³/mol. The predicted octanol–water partition coefficient (Wildman–Crippen LogP) is -0.807. The van der Waals surface area contributed by atoms with Gasteiger partial charge in [-0.3, -0.25) is 0 Å². The molecular formula is C21H38N6. The molecule has 6 aliphatic rings. The Balaban J connectivity index is 1.11. The standard InChI is InChI=1S/C21H38N6/c22-16-13-6-25-9-19(13,16)4-2-1-3-12(21-11-27-8-15(21)18(21)24)5-20-10-26-7-14(20)17(20)23/h12-18,25-27H,1-11,22-24H2. The fraction of sp³-hybridized carbons (Fsp3) is 1.00. The maximum absolute atomic E-state index is 6.61. The number of hydrogen-bond donors (Lipinski definition) is 6. The second-order valence-electron chi connectivity index (χ2n) is 11.0. The molecule has 0 aromatic rings. The Kier molecular flexibility index (Phi) is 3.70. The van der Waals surface area contributed by atoms with Crippen LogP contribution in [0, 0.1) is 39.9 Å². The van der Waals surface area contributed by atoms with E-state index in [1.54, 1.807) is 0 Å². The molecule has 6 rings (SSSR count). The fourth-order valence-corrected chi connectivity index (χ4v) is 8.27. The first-order valence-corrected chi connectivity index (χ1v) is 11.5. The third kappa shape index (κ3) is 2.18. The second-order valence-corrected chi connectivity index (χ2v) is 11.0. The van der Waals surface area contributed by atoms with Crippen molar-refractivity contribution in [1.29, 1.82) is 0 Å². The normalized spacial score (nSPS) is 57.9. The summed E-state index contributed by atoms with van der Waals surface area (Å²) >= 11 is 0. The molecule has 10 atom stereocenters. The third-order valence-corrected chi connectivity index (χ3v) is 10.4. The van der Waals surface area contributed by atoms with Crippen molar-refractivity contribution < 1.29 is 0 Å². The van der Waals surface area contributed by atoms with Gasteiger partial charge in [-0.25, -0.2) is 0 Å². The maximum atomic E-state index is 6.61. The number of nitrogens with two attached hydrogens (primary N) is 3. The number of hydrogen-bond acceptors (Lipinski definition) is 6. The van der Waals surface area contributed by atoms with E-state index in [1.165, 1.54) is 32.1 Å². The van der Waals surface area contributed by atoms with Gasteiger partial charge >= 0.3 is 0 Å². The molecule has 0 aromatic heterocycles. The maximum Gasteiger partial charge on any atom is 0.0161 e. The molecule has 3 saturated heterocycles. The minimum absolute atomic E-state index is 0.371. The van der Waals surface area contributed by atoms with Crippen molar-refractivity contribution in [2.75, 3.05) is 39.3 Å². The van der Waals surface area contributed by atoms with Crippen LogP contribution in [0.1, 0.15) is 32.1 Å². The summed E-state index contributed by atoms with van der Waals surface area (Å²) in [5.74, 6) is 2.92. The molecule has 10 unspecified atom stereocenters. The Bertz CT molecular complexity index is 628. The average Bonchev–Trinajstić information content (AvgIpc) is 3.33. The summed E-state index contributed by atoms with van der Waals surface area (Å²) in [4.78, 5) is 0. The number of nitrogens with one attached hydrogen (secondary N) is 3. The molecule has 6 fully saturated rings. The lowest BCUT2D eigenvalue weighted by Crippen LogP contribution is -2.36. The SMILES string of the molecule is NC1C2CNCC12CCCCC(CC12CNCC1C2N)C12CNCC1C2N. The molecule has 6 nitrogen and oxygen atoms in total. The van der Waals surface area contributed by atoms with E-state index < -0.39 is 0 Å². The summed E-state index contributed by atoms with van der Waals surface area (Å²) in [5.41, 5.74) is 20.7. The fourth-order valence-electron chi connectivity index (χ4n) is 8.27. The van der Waals surface area contributed by atoms with Crippen LogP contribution in [0.3, 0.4) is 0 Å². The number of piperidine rings is 3. The van der Waals surface area contributed by atoms with Gasteiger partial charge in [0.25, 0.3) is 0 Å². The van der Waals surface area contributed by atoms with Gasteiger partial charge in [-0.15, -0.1) is 0 Å². The Labute approximate surface area is 163 Å². The second kappa shape index (κ2) is 5.67. The zero-order chi connectivity index (χ0) is 18.4. The smallest absolute Gasteiger partial charge is 0.0161 e. The average molecular weight is 375 g/mol. The van der Waals surface area contributed by atoms with Crippen molar-refractivity contribution in [2.24, 2.45) is 57.1 Å². The lowest BCUT2D eigenvalue weighted by molar-refractivity contribution is 0.208. The summed E-state index contributed by atoms with van der Waals surface area (Å²) < 4.78 is 0. The molecule has 0 spiro atoms. The lowest BCUT2D eigenvalue weighted by Gasteiger charge is -2.30. The molecule has 27 heavy (non-hydrogen) atoms. The zero-order valence-electron chi connectivity index (χ0n) is 16.6. The summed E-state index contributed by atoms with van der Waals surface area (Å²) in [5, 5.41) is 10.8. The molecule has 9 N–H and O–H groups in total. The molecule has 3 heterocycles. The van der Waals surface area contributed by atoms with E-state index in [0.29, 0.717) is 46.2 Å². The molecule has 3 saturated carbocycles. The van der Waals surface area contributed by atoms with Gasteiger partial charge in [0, 0.05) is 73.6 Å². The summed E-state index contributed by atoms with van der Waals surface area (Å²) in [6, 6.07) is 1.30. The highest BCUT2D eigenvalue weighted by molar-refractivity contribution is 5.26.